The Hall–Kier alpha value is -4.19. The lowest BCUT2D eigenvalue weighted by atomic mass is 10.0. The van der Waals surface area contributed by atoms with E-state index in [1.165, 1.54) is 135 Å². The van der Waals surface area contributed by atoms with Gasteiger partial charge in [0.05, 0.1) is 0 Å². The molecule has 0 heterocycles. The molecule has 1 unspecified atom stereocenters. The molecule has 0 fully saturated rings. The maximum atomic E-state index is 12.9. The third kappa shape index (κ3) is 62.5. The SMILES string of the molecule is CC/C=C\C/C=C\C/C=C\C/C=C\C/C=C\CCCC(=O)OCC(COC(=O)CCCCCCCCCCCCC/C=C\C/C=C\CCCCCCC)OC(=O)CCCCCCCC/C=C\C/C=C\C/C=C\CCCCC. The van der Waals surface area contributed by atoms with Crippen LogP contribution in [0.2, 0.25) is 0 Å². The number of rotatable bonds is 57. The molecule has 77 heavy (non-hydrogen) atoms. The molecule has 438 valence electrons. The van der Waals surface area contributed by atoms with Crippen molar-refractivity contribution < 1.29 is 28.6 Å². The van der Waals surface area contributed by atoms with Gasteiger partial charge in [0.15, 0.2) is 6.10 Å². The van der Waals surface area contributed by atoms with Crippen molar-refractivity contribution in [2.24, 2.45) is 0 Å². The number of carbonyl (C=O) groups is 3. The van der Waals surface area contributed by atoms with Crippen LogP contribution in [0.4, 0.5) is 0 Å². The second-order valence-electron chi connectivity index (χ2n) is 20.9. The lowest BCUT2D eigenvalue weighted by molar-refractivity contribution is -0.167. The highest BCUT2D eigenvalue weighted by molar-refractivity contribution is 5.71. The minimum atomic E-state index is -0.814. The van der Waals surface area contributed by atoms with Gasteiger partial charge in [-0.25, -0.2) is 0 Å². The molecule has 1 atom stereocenters. The molecule has 0 bridgehead atoms. The molecule has 6 heteroatoms. The van der Waals surface area contributed by atoms with Crippen LogP contribution >= 0.6 is 0 Å². The van der Waals surface area contributed by atoms with E-state index in [2.05, 4.69) is 142 Å². The zero-order valence-electron chi connectivity index (χ0n) is 50.2. The molecule has 0 amide bonds. The van der Waals surface area contributed by atoms with Crippen molar-refractivity contribution in [2.45, 2.75) is 297 Å². The number of ether oxygens (including phenoxy) is 3. The molecule has 0 N–H and O–H groups in total. The van der Waals surface area contributed by atoms with E-state index in [0.29, 0.717) is 19.3 Å². The van der Waals surface area contributed by atoms with Crippen LogP contribution in [-0.2, 0) is 28.6 Å². The summed E-state index contributed by atoms with van der Waals surface area (Å²) in [4.78, 5) is 38.3. The van der Waals surface area contributed by atoms with Gasteiger partial charge < -0.3 is 14.2 Å². The van der Waals surface area contributed by atoms with Gasteiger partial charge in [-0.05, 0) is 128 Å². The van der Waals surface area contributed by atoms with Crippen molar-refractivity contribution >= 4 is 17.9 Å². The molecule has 0 rings (SSSR count). The molecule has 0 saturated heterocycles. The van der Waals surface area contributed by atoms with Crippen LogP contribution in [0.5, 0.6) is 0 Å². The van der Waals surface area contributed by atoms with Gasteiger partial charge in [0.25, 0.3) is 0 Å². The predicted octanol–water partition coefficient (Wildman–Crippen LogP) is 22.0. The Morgan fingerprint density at radius 3 is 0.870 bits per heavy atom. The molecular weight excluding hydrogens is 949 g/mol. The van der Waals surface area contributed by atoms with E-state index < -0.39 is 6.10 Å². The van der Waals surface area contributed by atoms with Gasteiger partial charge in [-0.1, -0.05) is 264 Å². The summed E-state index contributed by atoms with van der Waals surface area (Å²) in [5.41, 5.74) is 0. The summed E-state index contributed by atoms with van der Waals surface area (Å²) in [7, 11) is 0. The fourth-order valence-electron chi connectivity index (χ4n) is 8.63. The predicted molar refractivity (Wildman–Crippen MR) is 334 cm³/mol. The summed E-state index contributed by atoms with van der Waals surface area (Å²) in [5, 5.41) is 0. The summed E-state index contributed by atoms with van der Waals surface area (Å²) >= 11 is 0. The molecular formula is C71H118O6. The minimum absolute atomic E-state index is 0.104. The third-order valence-electron chi connectivity index (χ3n) is 13.4. The van der Waals surface area contributed by atoms with Gasteiger partial charge in [-0.3, -0.25) is 14.4 Å². The fraction of sp³-hybridized carbons (Fsp3) is 0.676. The molecule has 0 saturated carbocycles. The van der Waals surface area contributed by atoms with Crippen LogP contribution in [0, 0.1) is 0 Å². The van der Waals surface area contributed by atoms with Crippen molar-refractivity contribution in [3.8, 4) is 0 Å². The van der Waals surface area contributed by atoms with Gasteiger partial charge in [0, 0.05) is 19.3 Å². The maximum absolute atomic E-state index is 12.9. The van der Waals surface area contributed by atoms with E-state index in [1.54, 1.807) is 0 Å². The van der Waals surface area contributed by atoms with Gasteiger partial charge in [0.1, 0.15) is 13.2 Å². The van der Waals surface area contributed by atoms with Crippen LogP contribution in [-0.4, -0.2) is 37.2 Å². The van der Waals surface area contributed by atoms with Crippen LogP contribution in [0.3, 0.4) is 0 Å². The normalized spacial score (nSPS) is 12.9. The van der Waals surface area contributed by atoms with Crippen molar-refractivity contribution in [1.82, 2.24) is 0 Å². The number of unbranched alkanes of at least 4 members (excludes halogenated alkanes) is 26. The van der Waals surface area contributed by atoms with Gasteiger partial charge in [-0.2, -0.15) is 0 Å². The van der Waals surface area contributed by atoms with E-state index in [1.807, 2.05) is 0 Å². The zero-order valence-corrected chi connectivity index (χ0v) is 50.2. The Morgan fingerprint density at radius 1 is 0.273 bits per heavy atom. The molecule has 6 nitrogen and oxygen atoms in total. The molecule has 0 radical (unpaired) electrons. The Labute approximate surface area is 475 Å². The van der Waals surface area contributed by atoms with Gasteiger partial charge in [-0.15, -0.1) is 0 Å². The van der Waals surface area contributed by atoms with Crippen molar-refractivity contribution in [3.05, 3.63) is 122 Å². The highest BCUT2D eigenvalue weighted by Gasteiger charge is 2.19. The smallest absolute Gasteiger partial charge is 0.306 e. The average molecular weight is 1070 g/mol. The summed E-state index contributed by atoms with van der Waals surface area (Å²) < 4.78 is 16.9. The lowest BCUT2D eigenvalue weighted by Gasteiger charge is -2.18. The van der Waals surface area contributed by atoms with Crippen molar-refractivity contribution in [3.63, 3.8) is 0 Å². The van der Waals surface area contributed by atoms with Gasteiger partial charge in [0.2, 0.25) is 0 Å². The maximum Gasteiger partial charge on any atom is 0.306 e. The van der Waals surface area contributed by atoms with Crippen molar-refractivity contribution in [1.29, 1.82) is 0 Å². The van der Waals surface area contributed by atoms with Crippen LogP contribution in [0.15, 0.2) is 122 Å². The van der Waals surface area contributed by atoms with Gasteiger partial charge >= 0.3 is 17.9 Å². The molecule has 0 aliphatic rings. The lowest BCUT2D eigenvalue weighted by Crippen LogP contribution is -2.30. The van der Waals surface area contributed by atoms with Crippen LogP contribution in [0.25, 0.3) is 0 Å². The standard InChI is InChI=1S/C71H118O6/c1-4-7-10-13-16-19-22-25-28-31-33-34-35-36-38-40-43-46-49-52-55-58-61-64-70(73)76-67-68(66-75-69(72)63-60-57-54-51-48-45-42-39-30-27-24-21-18-15-12-9-6-3)77-71(74)65-62-59-56-53-50-47-44-41-37-32-29-26-23-20-17-14-11-8-5-2/h9,12,17-18,20-22,25-27,29-31,33,37,41-42,45,51,54,68H,4-8,10-11,13-16,19,23-24,28,32,34-36,38-40,43-44,46-50,52-53,55-67H2,1-3H3/b12-9-,20-17-,21-18-,25-22-,29-26-,30-27-,33-31-,41-37-,45-42-,54-51-. The zero-order chi connectivity index (χ0) is 55.7. The van der Waals surface area contributed by atoms with E-state index in [0.717, 1.165) is 109 Å². The Morgan fingerprint density at radius 2 is 0.519 bits per heavy atom. The summed E-state index contributed by atoms with van der Waals surface area (Å²) in [6.45, 7) is 6.44. The molecule has 0 aromatic heterocycles. The average Bonchev–Trinajstić information content (AvgIpc) is 3.43. The first-order valence-corrected chi connectivity index (χ1v) is 32.0. The molecule has 0 aromatic carbocycles. The molecule has 0 aliphatic heterocycles. The first-order chi connectivity index (χ1) is 38.0. The Kier molecular flexibility index (Phi) is 60.8. The summed E-state index contributed by atoms with van der Waals surface area (Å²) in [5.74, 6) is -0.976. The molecule has 0 aromatic rings. The van der Waals surface area contributed by atoms with Crippen LogP contribution < -0.4 is 0 Å². The number of allylic oxidation sites excluding steroid dienone is 20. The first kappa shape index (κ1) is 72.8. The summed E-state index contributed by atoms with van der Waals surface area (Å²) in [6, 6.07) is 0. The number of carbonyl (C=O) groups excluding carboxylic acids is 3. The largest absolute Gasteiger partial charge is 0.462 e. The first-order valence-electron chi connectivity index (χ1n) is 32.0. The minimum Gasteiger partial charge on any atom is -0.462 e. The van der Waals surface area contributed by atoms with Crippen LogP contribution in [0.1, 0.15) is 290 Å². The Bertz CT molecular complexity index is 1600. The fourth-order valence-corrected chi connectivity index (χ4v) is 8.63. The summed E-state index contributed by atoms with van der Waals surface area (Å²) in [6.07, 6.45) is 89.2. The monoisotopic (exact) mass is 1070 g/mol. The highest BCUT2D eigenvalue weighted by atomic mass is 16.6. The quantitative estimate of drug-likeness (QED) is 0.0261. The second kappa shape index (κ2) is 64.3. The topological polar surface area (TPSA) is 78.9 Å². The number of esters is 3. The van der Waals surface area contributed by atoms with E-state index in [-0.39, 0.29) is 37.5 Å². The van der Waals surface area contributed by atoms with E-state index >= 15 is 0 Å². The van der Waals surface area contributed by atoms with E-state index in [9.17, 15) is 14.4 Å². The van der Waals surface area contributed by atoms with Crippen molar-refractivity contribution in [2.75, 3.05) is 13.2 Å². The third-order valence-corrected chi connectivity index (χ3v) is 13.4. The Balaban J connectivity index is 4.47. The number of hydrogen-bond donors (Lipinski definition) is 0. The second-order valence-corrected chi connectivity index (χ2v) is 20.9. The molecule has 0 aliphatic carbocycles. The molecule has 0 spiro atoms. The van der Waals surface area contributed by atoms with E-state index in [4.69, 9.17) is 14.2 Å². The number of hydrogen-bond acceptors (Lipinski definition) is 6. The highest BCUT2D eigenvalue weighted by Crippen LogP contribution is 2.15.